The standard InChI is InChI=1S/C14H24N4O3/c1-14(2,20-4)10-18-13(15-3)17-9-12(19)16-8-11-6-5-7-21-11/h5-7H,8-10H2,1-4H3,(H,16,19)(H2,15,17,18). The van der Waals surface area contributed by atoms with E-state index in [1.807, 2.05) is 13.8 Å². The summed E-state index contributed by atoms with van der Waals surface area (Å²) in [5.74, 6) is 1.13. The average molecular weight is 296 g/mol. The zero-order valence-electron chi connectivity index (χ0n) is 13.0. The van der Waals surface area contributed by atoms with Gasteiger partial charge in [0.15, 0.2) is 5.96 Å². The fourth-order valence-corrected chi connectivity index (χ4v) is 1.41. The van der Waals surface area contributed by atoms with E-state index in [9.17, 15) is 4.79 Å². The first kappa shape index (κ1) is 17.0. The molecule has 0 unspecified atom stereocenters. The minimum Gasteiger partial charge on any atom is -0.467 e. The van der Waals surface area contributed by atoms with E-state index in [0.717, 1.165) is 0 Å². The van der Waals surface area contributed by atoms with Crippen LogP contribution in [0.1, 0.15) is 19.6 Å². The Morgan fingerprint density at radius 1 is 1.38 bits per heavy atom. The lowest BCUT2D eigenvalue weighted by Crippen LogP contribution is -2.47. The molecule has 1 aromatic heterocycles. The number of hydrogen-bond acceptors (Lipinski definition) is 4. The van der Waals surface area contributed by atoms with E-state index in [4.69, 9.17) is 9.15 Å². The molecule has 0 radical (unpaired) electrons. The van der Waals surface area contributed by atoms with Gasteiger partial charge in [0.05, 0.1) is 25.0 Å². The third-order valence-electron chi connectivity index (χ3n) is 2.91. The van der Waals surface area contributed by atoms with Gasteiger partial charge in [-0.3, -0.25) is 9.79 Å². The molecule has 0 aromatic carbocycles. The highest BCUT2D eigenvalue weighted by molar-refractivity contribution is 5.86. The number of guanidine groups is 1. The van der Waals surface area contributed by atoms with Crippen LogP contribution in [0.5, 0.6) is 0 Å². The molecule has 0 aliphatic rings. The third kappa shape index (κ3) is 6.80. The SMILES string of the molecule is CN=C(NCC(=O)NCc1ccco1)NCC(C)(C)OC. The molecule has 1 amide bonds. The van der Waals surface area contributed by atoms with E-state index in [0.29, 0.717) is 24.8 Å². The number of ether oxygens (including phenoxy) is 1. The molecule has 0 aliphatic heterocycles. The van der Waals surface area contributed by atoms with Crippen molar-refractivity contribution in [2.45, 2.75) is 26.0 Å². The van der Waals surface area contributed by atoms with Gasteiger partial charge in [0.2, 0.25) is 5.91 Å². The Balaban J connectivity index is 2.26. The van der Waals surface area contributed by atoms with Crippen LogP contribution < -0.4 is 16.0 Å². The summed E-state index contributed by atoms with van der Waals surface area (Å²) in [5, 5.41) is 8.78. The van der Waals surface area contributed by atoms with Gasteiger partial charge in [-0.15, -0.1) is 0 Å². The lowest BCUT2D eigenvalue weighted by Gasteiger charge is -2.24. The van der Waals surface area contributed by atoms with Crippen molar-refractivity contribution in [1.82, 2.24) is 16.0 Å². The van der Waals surface area contributed by atoms with E-state index in [1.165, 1.54) is 0 Å². The second kappa shape index (κ2) is 8.31. The number of furan rings is 1. The van der Waals surface area contributed by atoms with Gasteiger partial charge < -0.3 is 25.1 Å². The summed E-state index contributed by atoms with van der Waals surface area (Å²) in [7, 11) is 3.30. The summed E-state index contributed by atoms with van der Waals surface area (Å²) >= 11 is 0. The molecule has 0 fully saturated rings. The van der Waals surface area contributed by atoms with Crippen molar-refractivity contribution in [3.05, 3.63) is 24.2 Å². The minimum absolute atomic E-state index is 0.133. The predicted molar refractivity (Wildman–Crippen MR) is 81.0 cm³/mol. The van der Waals surface area contributed by atoms with Crippen molar-refractivity contribution in [3.63, 3.8) is 0 Å². The maximum Gasteiger partial charge on any atom is 0.239 e. The molecule has 3 N–H and O–H groups in total. The van der Waals surface area contributed by atoms with Crippen molar-refractivity contribution in [1.29, 1.82) is 0 Å². The molecule has 21 heavy (non-hydrogen) atoms. The molecule has 0 saturated carbocycles. The Morgan fingerprint density at radius 2 is 2.14 bits per heavy atom. The summed E-state index contributed by atoms with van der Waals surface area (Å²) < 4.78 is 10.4. The Bertz CT molecular complexity index is 455. The number of amides is 1. The second-order valence-electron chi connectivity index (χ2n) is 5.10. The van der Waals surface area contributed by atoms with E-state index in [1.54, 1.807) is 32.6 Å². The number of aliphatic imine (C=N–C) groups is 1. The first-order chi connectivity index (χ1) is 9.96. The fourth-order valence-electron chi connectivity index (χ4n) is 1.41. The second-order valence-corrected chi connectivity index (χ2v) is 5.10. The molecular formula is C14H24N4O3. The number of hydrogen-bond donors (Lipinski definition) is 3. The van der Waals surface area contributed by atoms with Gasteiger partial charge in [-0.25, -0.2) is 0 Å². The van der Waals surface area contributed by atoms with Gasteiger partial charge in [-0.2, -0.15) is 0 Å². The normalized spacial score (nSPS) is 12.1. The molecule has 0 atom stereocenters. The van der Waals surface area contributed by atoms with Crippen LogP contribution in [0, 0.1) is 0 Å². The van der Waals surface area contributed by atoms with Gasteiger partial charge in [0.1, 0.15) is 5.76 Å². The van der Waals surface area contributed by atoms with Crippen molar-refractivity contribution in [2.24, 2.45) is 4.99 Å². The lowest BCUT2D eigenvalue weighted by molar-refractivity contribution is -0.120. The molecular weight excluding hydrogens is 272 g/mol. The van der Waals surface area contributed by atoms with Crippen molar-refractivity contribution in [2.75, 3.05) is 27.2 Å². The van der Waals surface area contributed by atoms with Gasteiger partial charge in [0, 0.05) is 20.7 Å². The van der Waals surface area contributed by atoms with Gasteiger partial charge in [0.25, 0.3) is 0 Å². The van der Waals surface area contributed by atoms with Gasteiger partial charge in [-0.05, 0) is 26.0 Å². The van der Waals surface area contributed by atoms with E-state index in [2.05, 4.69) is 20.9 Å². The summed E-state index contributed by atoms with van der Waals surface area (Å²) in [5.41, 5.74) is -0.306. The average Bonchev–Trinajstić information content (AvgIpc) is 2.98. The van der Waals surface area contributed by atoms with Crippen LogP contribution in [0.15, 0.2) is 27.8 Å². The maximum absolute atomic E-state index is 11.7. The van der Waals surface area contributed by atoms with Gasteiger partial charge in [-0.1, -0.05) is 0 Å². The summed E-state index contributed by atoms with van der Waals surface area (Å²) in [4.78, 5) is 15.7. The monoisotopic (exact) mass is 296 g/mol. The molecule has 118 valence electrons. The number of nitrogens with zero attached hydrogens (tertiary/aromatic N) is 1. The zero-order valence-corrected chi connectivity index (χ0v) is 13.0. The third-order valence-corrected chi connectivity index (χ3v) is 2.91. The van der Waals surface area contributed by atoms with Crippen LogP contribution in [0.3, 0.4) is 0 Å². The smallest absolute Gasteiger partial charge is 0.239 e. The molecule has 0 aliphatic carbocycles. The molecule has 7 heteroatoms. The Labute approximate surface area is 125 Å². The first-order valence-corrected chi connectivity index (χ1v) is 6.75. The number of nitrogens with one attached hydrogen (secondary N) is 3. The van der Waals surface area contributed by atoms with Crippen LogP contribution in [0.4, 0.5) is 0 Å². The molecule has 0 spiro atoms. The van der Waals surface area contributed by atoms with Crippen LogP contribution in [0.25, 0.3) is 0 Å². The lowest BCUT2D eigenvalue weighted by atomic mass is 10.1. The largest absolute Gasteiger partial charge is 0.467 e. The van der Waals surface area contributed by atoms with Crippen LogP contribution >= 0.6 is 0 Å². The highest BCUT2D eigenvalue weighted by atomic mass is 16.5. The molecule has 1 rings (SSSR count). The predicted octanol–water partition coefficient (Wildman–Crippen LogP) is 0.486. The van der Waals surface area contributed by atoms with E-state index < -0.39 is 0 Å². The number of carbonyl (C=O) groups is 1. The zero-order chi connectivity index (χ0) is 15.7. The summed E-state index contributed by atoms with van der Waals surface area (Å²) in [6, 6.07) is 3.59. The van der Waals surface area contributed by atoms with Crippen molar-refractivity contribution < 1.29 is 13.9 Å². The topological polar surface area (TPSA) is 87.9 Å². The maximum atomic E-state index is 11.7. The molecule has 0 saturated heterocycles. The molecule has 7 nitrogen and oxygen atoms in total. The summed E-state index contributed by atoms with van der Waals surface area (Å²) in [6.45, 7) is 5.01. The molecule has 0 bridgehead atoms. The Morgan fingerprint density at radius 3 is 2.71 bits per heavy atom. The van der Waals surface area contributed by atoms with Gasteiger partial charge >= 0.3 is 0 Å². The van der Waals surface area contributed by atoms with E-state index in [-0.39, 0.29) is 18.1 Å². The van der Waals surface area contributed by atoms with Crippen molar-refractivity contribution in [3.8, 4) is 0 Å². The van der Waals surface area contributed by atoms with E-state index >= 15 is 0 Å². The summed E-state index contributed by atoms with van der Waals surface area (Å²) in [6.07, 6.45) is 1.57. The minimum atomic E-state index is -0.306. The van der Waals surface area contributed by atoms with Crippen molar-refractivity contribution >= 4 is 11.9 Å². The number of carbonyl (C=O) groups excluding carboxylic acids is 1. The fraction of sp³-hybridized carbons (Fsp3) is 0.571. The highest BCUT2D eigenvalue weighted by Gasteiger charge is 2.16. The quantitative estimate of drug-likeness (QED) is 0.503. The first-order valence-electron chi connectivity index (χ1n) is 6.75. The Hall–Kier alpha value is -2.02. The Kier molecular flexibility index (Phi) is 6.74. The van der Waals surface area contributed by atoms with Crippen LogP contribution in [0.2, 0.25) is 0 Å². The van der Waals surface area contributed by atoms with Crippen LogP contribution in [-0.4, -0.2) is 44.7 Å². The highest BCUT2D eigenvalue weighted by Crippen LogP contribution is 2.04. The molecule has 1 aromatic rings. The molecule has 1 heterocycles. The van der Waals surface area contributed by atoms with Crippen LogP contribution in [-0.2, 0) is 16.1 Å². The number of rotatable bonds is 7. The number of methoxy groups -OCH3 is 1.